The molecule has 0 N–H and O–H groups in total. The maximum Gasteiger partial charge on any atom is 0.393 e. The lowest BCUT2D eigenvalue weighted by Crippen LogP contribution is -2.27. The molecule has 0 atom stereocenters. The van der Waals surface area contributed by atoms with E-state index < -0.39 is 18.0 Å². The number of hydrogen-bond acceptors (Lipinski definition) is 3. The standard InChI is InChI=1S/C33H31F4N3O2/c1-32(2,3)31(41)40-27-17-26-28(16-23(27)19-38-40)39(25-10-8-24(34)9-11-25)30(22-12-14-42-15-13-22)29(26)21-6-4-20(5-7-21)18-33(35,36)37/h4-11,16-17,19,22H,12-15,18H2,1-3H3. The van der Waals surface area contributed by atoms with E-state index in [0.717, 1.165) is 51.6 Å². The lowest BCUT2D eigenvalue weighted by atomic mass is 9.89. The van der Waals surface area contributed by atoms with Gasteiger partial charge in [-0.3, -0.25) is 4.79 Å². The molecule has 0 saturated carbocycles. The second-order valence-electron chi connectivity index (χ2n) is 12.0. The molecule has 0 unspecified atom stereocenters. The van der Waals surface area contributed by atoms with Gasteiger partial charge in [-0.2, -0.15) is 23.0 Å². The summed E-state index contributed by atoms with van der Waals surface area (Å²) in [6.45, 7) is 6.67. The second kappa shape index (κ2) is 10.4. The Morgan fingerprint density at radius 3 is 2.24 bits per heavy atom. The van der Waals surface area contributed by atoms with E-state index in [9.17, 15) is 22.4 Å². The van der Waals surface area contributed by atoms with Crippen LogP contribution in [0.3, 0.4) is 0 Å². The van der Waals surface area contributed by atoms with E-state index in [-0.39, 0.29) is 23.2 Å². The molecule has 1 saturated heterocycles. The smallest absolute Gasteiger partial charge is 0.381 e. The summed E-state index contributed by atoms with van der Waals surface area (Å²) >= 11 is 0. The third-order valence-corrected chi connectivity index (χ3v) is 7.87. The molecule has 1 aliphatic heterocycles. The minimum atomic E-state index is -4.31. The van der Waals surface area contributed by atoms with Crippen LogP contribution < -0.4 is 0 Å². The third kappa shape index (κ3) is 5.22. The Kier molecular flexibility index (Phi) is 6.96. The topological polar surface area (TPSA) is 49.1 Å². The van der Waals surface area contributed by atoms with Gasteiger partial charge in [0.25, 0.3) is 5.91 Å². The van der Waals surface area contributed by atoms with E-state index in [1.807, 2.05) is 32.9 Å². The summed E-state index contributed by atoms with van der Waals surface area (Å²) in [4.78, 5) is 13.3. The molecule has 1 fully saturated rings. The molecule has 3 heterocycles. The predicted molar refractivity (Wildman–Crippen MR) is 155 cm³/mol. The Hall–Kier alpha value is -3.98. The molecule has 0 amide bonds. The van der Waals surface area contributed by atoms with Crippen LogP contribution in [0.5, 0.6) is 0 Å². The van der Waals surface area contributed by atoms with Crippen LogP contribution >= 0.6 is 0 Å². The Morgan fingerprint density at radius 1 is 0.952 bits per heavy atom. The second-order valence-corrected chi connectivity index (χ2v) is 12.0. The van der Waals surface area contributed by atoms with Crippen LogP contribution in [0.15, 0.2) is 66.9 Å². The SMILES string of the molecule is CC(C)(C)C(=O)n1ncc2cc3c(cc21)c(-c1ccc(CC(F)(F)F)cc1)c(C1CCOCC1)n3-c1ccc(F)cc1. The maximum atomic E-state index is 14.0. The lowest BCUT2D eigenvalue weighted by molar-refractivity contribution is -0.127. The predicted octanol–water partition coefficient (Wildman–Crippen LogP) is 8.47. The molecule has 5 aromatic rings. The van der Waals surface area contributed by atoms with Crippen molar-refractivity contribution in [1.82, 2.24) is 14.3 Å². The zero-order valence-electron chi connectivity index (χ0n) is 23.6. The normalized spacial score (nSPS) is 15.1. The van der Waals surface area contributed by atoms with E-state index in [2.05, 4.69) is 9.67 Å². The average molecular weight is 578 g/mol. The van der Waals surface area contributed by atoms with Gasteiger partial charge in [0, 0.05) is 52.3 Å². The van der Waals surface area contributed by atoms with Gasteiger partial charge in [-0.15, -0.1) is 0 Å². The van der Waals surface area contributed by atoms with Gasteiger partial charge < -0.3 is 9.30 Å². The van der Waals surface area contributed by atoms with Gasteiger partial charge in [-0.25, -0.2) is 4.39 Å². The molecule has 3 aromatic carbocycles. The average Bonchev–Trinajstić information content (AvgIpc) is 3.50. The molecule has 6 rings (SSSR count). The number of ether oxygens (including phenoxy) is 1. The molecule has 42 heavy (non-hydrogen) atoms. The number of rotatable bonds is 4. The van der Waals surface area contributed by atoms with Gasteiger partial charge in [0.1, 0.15) is 5.82 Å². The highest BCUT2D eigenvalue weighted by Crippen LogP contribution is 2.45. The molecule has 1 aliphatic rings. The number of carbonyl (C=O) groups excluding carboxylic acids is 1. The number of fused-ring (bicyclic) bond motifs is 2. The molecule has 0 bridgehead atoms. The maximum absolute atomic E-state index is 14.0. The summed E-state index contributed by atoms with van der Waals surface area (Å²) in [7, 11) is 0. The summed E-state index contributed by atoms with van der Waals surface area (Å²) in [5.74, 6) is -0.429. The minimum absolute atomic E-state index is 0.0804. The van der Waals surface area contributed by atoms with Crippen molar-refractivity contribution in [3.8, 4) is 16.8 Å². The number of hydrogen-bond donors (Lipinski definition) is 0. The highest BCUT2D eigenvalue weighted by atomic mass is 19.4. The lowest BCUT2D eigenvalue weighted by Gasteiger charge is -2.26. The molecular formula is C33H31F4N3O2. The Bertz CT molecular complexity index is 1770. The van der Waals surface area contributed by atoms with Crippen LogP contribution in [0.25, 0.3) is 38.6 Å². The van der Waals surface area contributed by atoms with E-state index in [1.54, 1.807) is 30.5 Å². The number of nitrogens with zero attached hydrogens (tertiary/aromatic N) is 3. The van der Waals surface area contributed by atoms with Crippen molar-refractivity contribution >= 4 is 27.7 Å². The Morgan fingerprint density at radius 2 is 1.62 bits per heavy atom. The quantitative estimate of drug-likeness (QED) is 0.201. The van der Waals surface area contributed by atoms with E-state index >= 15 is 0 Å². The first-order valence-corrected chi connectivity index (χ1v) is 14.0. The molecule has 5 nitrogen and oxygen atoms in total. The Balaban J connectivity index is 1.67. The van der Waals surface area contributed by atoms with E-state index in [4.69, 9.17) is 4.74 Å². The highest BCUT2D eigenvalue weighted by molar-refractivity contribution is 6.07. The fourth-order valence-electron chi connectivity index (χ4n) is 5.86. The van der Waals surface area contributed by atoms with Crippen molar-refractivity contribution in [1.29, 1.82) is 0 Å². The first kappa shape index (κ1) is 28.2. The van der Waals surface area contributed by atoms with E-state index in [1.165, 1.54) is 28.9 Å². The first-order chi connectivity index (χ1) is 19.9. The molecular weight excluding hydrogens is 546 g/mol. The van der Waals surface area contributed by atoms with Crippen molar-refractivity contribution < 1.29 is 27.1 Å². The number of carbonyl (C=O) groups is 1. The van der Waals surface area contributed by atoms with Gasteiger partial charge in [-0.05, 0) is 60.4 Å². The van der Waals surface area contributed by atoms with Crippen LogP contribution in [-0.4, -0.2) is 39.6 Å². The minimum Gasteiger partial charge on any atom is -0.381 e. The van der Waals surface area contributed by atoms with Crippen molar-refractivity contribution in [3.05, 3.63) is 83.9 Å². The number of aromatic nitrogens is 3. The number of benzene rings is 3. The number of alkyl halides is 3. The van der Waals surface area contributed by atoms with Gasteiger partial charge in [0.15, 0.2) is 0 Å². The fraction of sp³-hybridized carbons (Fsp3) is 0.333. The van der Waals surface area contributed by atoms with Crippen molar-refractivity contribution in [3.63, 3.8) is 0 Å². The zero-order chi connectivity index (χ0) is 29.8. The summed E-state index contributed by atoms with van der Waals surface area (Å²) in [6, 6.07) is 16.7. The molecule has 0 radical (unpaired) electrons. The van der Waals surface area contributed by atoms with Crippen molar-refractivity contribution in [2.75, 3.05) is 13.2 Å². The Labute approximate surface area is 240 Å². The summed E-state index contributed by atoms with van der Waals surface area (Å²) < 4.78 is 62.6. The van der Waals surface area contributed by atoms with Gasteiger partial charge in [-0.1, -0.05) is 45.0 Å². The summed E-state index contributed by atoms with van der Waals surface area (Å²) in [6.07, 6.45) is -2.14. The molecule has 2 aromatic heterocycles. The van der Waals surface area contributed by atoms with Crippen LogP contribution in [0.4, 0.5) is 17.6 Å². The summed E-state index contributed by atoms with van der Waals surface area (Å²) in [5.41, 5.74) is 4.38. The van der Waals surface area contributed by atoms with Crippen LogP contribution in [0.2, 0.25) is 0 Å². The van der Waals surface area contributed by atoms with Gasteiger partial charge >= 0.3 is 6.18 Å². The van der Waals surface area contributed by atoms with Crippen molar-refractivity contribution in [2.45, 2.75) is 52.1 Å². The van der Waals surface area contributed by atoms with Gasteiger partial charge in [0.2, 0.25) is 0 Å². The summed E-state index contributed by atoms with van der Waals surface area (Å²) in [5, 5.41) is 6.03. The van der Waals surface area contributed by atoms with Gasteiger partial charge in [0.05, 0.1) is 23.7 Å². The van der Waals surface area contributed by atoms with Crippen LogP contribution in [0.1, 0.15) is 55.6 Å². The van der Waals surface area contributed by atoms with Crippen LogP contribution in [0, 0.1) is 11.2 Å². The number of halogens is 4. The van der Waals surface area contributed by atoms with Crippen molar-refractivity contribution in [2.24, 2.45) is 5.41 Å². The highest BCUT2D eigenvalue weighted by Gasteiger charge is 2.31. The molecule has 0 spiro atoms. The largest absolute Gasteiger partial charge is 0.393 e. The molecule has 218 valence electrons. The zero-order valence-corrected chi connectivity index (χ0v) is 23.6. The fourth-order valence-corrected chi connectivity index (χ4v) is 5.86. The third-order valence-electron chi connectivity index (χ3n) is 7.87. The first-order valence-electron chi connectivity index (χ1n) is 14.0. The molecule has 0 aliphatic carbocycles. The monoisotopic (exact) mass is 577 g/mol. The van der Waals surface area contributed by atoms with E-state index in [0.29, 0.717) is 18.7 Å². The molecule has 9 heteroatoms. The van der Waals surface area contributed by atoms with Crippen LogP contribution in [-0.2, 0) is 11.2 Å².